The Morgan fingerprint density at radius 1 is 1.25 bits per heavy atom. The van der Waals surface area contributed by atoms with E-state index in [0.29, 0.717) is 17.9 Å². The van der Waals surface area contributed by atoms with Crippen molar-refractivity contribution < 1.29 is 98.7 Å². The van der Waals surface area contributed by atoms with E-state index >= 15 is 0 Å². The number of carbonyl (C=O) groups is 4. The number of likely N-dealkylation sites (N-methyl/N-ethyl adjacent to an activating group) is 1. The fraction of sp³-hybridized carbons (Fsp3) is 0.667. The summed E-state index contributed by atoms with van der Waals surface area (Å²) in [6.07, 6.45) is -2.52. The van der Waals surface area contributed by atoms with E-state index in [0.717, 1.165) is 0 Å². The summed E-state index contributed by atoms with van der Waals surface area (Å²) in [7, 11) is 3.42. The molecule has 2 amide bonds. The molecule has 0 aromatic rings. The van der Waals surface area contributed by atoms with Crippen LogP contribution in [0.25, 0.3) is 0 Å². The number of nitrogens with one attached hydrogen (secondary N) is 1. The number of fused-ring (bicyclic) bond motifs is 1. The second-order valence-corrected chi connectivity index (χ2v) is 9.03. The Balaban J connectivity index is 0.00000148. The van der Waals surface area contributed by atoms with Crippen molar-refractivity contribution in [2.45, 2.75) is 43.7 Å². The number of hydrogen-bond acceptors (Lipinski definition) is 9. The maximum Gasteiger partial charge on any atom is 1.00 e. The first-order chi connectivity index (χ1) is 13.9. The van der Waals surface area contributed by atoms with Gasteiger partial charge in [-0.2, -0.15) is 0 Å². The van der Waals surface area contributed by atoms with Gasteiger partial charge in [0.05, 0.1) is 24.1 Å². The summed E-state index contributed by atoms with van der Waals surface area (Å²) in [6.45, 7) is 4.08. The summed E-state index contributed by atoms with van der Waals surface area (Å²) in [4.78, 5) is 48.1. The maximum atomic E-state index is 12.3. The molecule has 168 valence electrons. The van der Waals surface area contributed by atoms with Crippen LogP contribution in [0.4, 0.5) is 4.79 Å². The minimum absolute atomic E-state index is 0. The van der Waals surface area contributed by atoms with Crippen molar-refractivity contribution >= 4 is 35.7 Å². The number of hydrogen-bond donors (Lipinski definition) is 3. The van der Waals surface area contributed by atoms with Crippen LogP contribution in [0.2, 0.25) is 0 Å². The zero-order valence-electron chi connectivity index (χ0n) is 19.0. The van der Waals surface area contributed by atoms with Crippen LogP contribution in [0.1, 0.15) is 20.3 Å². The largest absolute Gasteiger partial charge is 1.00 e. The summed E-state index contributed by atoms with van der Waals surface area (Å²) >= 11 is 1.45. The molecule has 0 bridgehead atoms. The predicted molar refractivity (Wildman–Crippen MR) is 102 cm³/mol. The second-order valence-electron chi connectivity index (χ2n) is 7.69. The molecule has 6 unspecified atom stereocenters. The molecule has 3 N–H and O–H groups in total. The van der Waals surface area contributed by atoms with Gasteiger partial charge in [-0.1, -0.05) is 6.92 Å². The molecule has 2 fully saturated rings. The smallest absolute Gasteiger partial charge is 0.652 e. The second kappa shape index (κ2) is 13.0. The molecule has 3 aliphatic heterocycles. The van der Waals surface area contributed by atoms with E-state index in [1.807, 2.05) is 6.92 Å². The van der Waals surface area contributed by atoms with Crippen molar-refractivity contribution in [3.63, 3.8) is 0 Å². The quantitative estimate of drug-likeness (QED) is 0.249. The molecular weight excluding hydrogens is 464 g/mol. The van der Waals surface area contributed by atoms with E-state index in [4.69, 9.17) is 15.0 Å². The van der Waals surface area contributed by atoms with Crippen LogP contribution in [0.3, 0.4) is 0 Å². The van der Waals surface area contributed by atoms with E-state index in [-0.39, 0.29) is 99.9 Å². The van der Waals surface area contributed by atoms with Crippen LogP contribution in [0.5, 0.6) is 0 Å². The molecule has 0 aliphatic carbocycles. The topological polar surface area (TPSA) is 173 Å². The first kappa shape index (κ1) is 31.7. The first-order valence-corrected chi connectivity index (χ1v) is 10.2. The minimum Gasteiger partial charge on any atom is -0.652 e. The number of carboxylic acids is 1. The monoisotopic (exact) mass is 489 g/mol. The maximum absolute atomic E-state index is 12.3. The standard InChI is InChI=1S/C17H25N3O5S.CH2O3.2Na/c1-7-12-11(8(2)21)16(23)20(12)13(17(24)25)14(7)26-9-5-10(18-6-9)15(22)19(3)4;2-1(3)4;;/h7-12,18,21H,5-6H2,1-4H3,(H,24,25);(H2,2,3,4);;/q;;2*+1/p-2. The van der Waals surface area contributed by atoms with Crippen LogP contribution in [0.15, 0.2) is 10.6 Å². The predicted octanol–water partition coefficient (Wildman–Crippen LogP) is -8.75. The number of aliphatic carboxylic acids is 1. The van der Waals surface area contributed by atoms with E-state index in [1.165, 1.54) is 16.7 Å². The molecule has 0 spiro atoms. The van der Waals surface area contributed by atoms with Gasteiger partial charge in [-0.15, -0.1) is 11.8 Å². The number of aliphatic hydroxyl groups is 1. The Morgan fingerprint density at radius 2 is 1.78 bits per heavy atom. The van der Waals surface area contributed by atoms with Gasteiger partial charge in [-0.05, 0) is 19.5 Å². The van der Waals surface area contributed by atoms with Crippen LogP contribution < -0.4 is 74.6 Å². The Kier molecular flexibility index (Phi) is 12.8. The molecule has 3 aliphatic rings. The van der Waals surface area contributed by atoms with Gasteiger partial charge in [0.1, 0.15) is 5.70 Å². The molecule has 6 atom stereocenters. The van der Waals surface area contributed by atoms with Gasteiger partial charge in [-0.3, -0.25) is 9.59 Å². The molecule has 0 aromatic heterocycles. The van der Waals surface area contributed by atoms with Crippen molar-refractivity contribution in [2.75, 3.05) is 20.6 Å². The Bertz CT molecular complexity index is 775. The number of β-lactam (4-membered cyclic amide) rings is 1. The van der Waals surface area contributed by atoms with E-state index in [1.54, 1.807) is 25.9 Å². The SMILES string of the molecule is CC(O)C1C(=O)N2C(C(=O)O)=C(SC3CNC(C(=O)N(C)C)C3)C(C)C12.O=C([O-])[O-].[Na+].[Na+]. The molecule has 0 radical (unpaired) electrons. The Hall–Kier alpha value is -0.310. The van der Waals surface area contributed by atoms with Crippen molar-refractivity contribution in [1.29, 1.82) is 0 Å². The Morgan fingerprint density at radius 3 is 2.22 bits per heavy atom. The van der Waals surface area contributed by atoms with Crippen molar-refractivity contribution in [3.8, 4) is 0 Å². The number of carboxylic acid groups (broad SMARTS) is 3. The zero-order valence-corrected chi connectivity index (χ0v) is 23.8. The van der Waals surface area contributed by atoms with Gasteiger partial charge >= 0.3 is 65.1 Å². The van der Waals surface area contributed by atoms with E-state index in [9.17, 15) is 24.6 Å². The number of amides is 2. The van der Waals surface area contributed by atoms with Gasteiger partial charge in [0.25, 0.3) is 0 Å². The Labute approximate surface area is 234 Å². The fourth-order valence-electron chi connectivity index (χ4n) is 4.15. The van der Waals surface area contributed by atoms with Crippen LogP contribution in [-0.4, -0.2) is 88.0 Å². The third-order valence-electron chi connectivity index (χ3n) is 5.43. The minimum atomic E-state index is -2.33. The molecule has 0 saturated carbocycles. The third kappa shape index (κ3) is 6.63. The number of nitrogens with zero attached hydrogens (tertiary/aromatic N) is 2. The van der Waals surface area contributed by atoms with Crippen molar-refractivity contribution in [2.24, 2.45) is 11.8 Å². The third-order valence-corrected chi connectivity index (χ3v) is 6.95. The number of thioether (sulfide) groups is 1. The van der Waals surface area contributed by atoms with Crippen LogP contribution in [-0.2, 0) is 14.4 Å². The van der Waals surface area contributed by atoms with Gasteiger partial charge < -0.3 is 40.3 Å². The van der Waals surface area contributed by atoms with Gasteiger partial charge in [0.2, 0.25) is 11.8 Å². The zero-order chi connectivity index (χ0) is 22.9. The number of carbonyl (C=O) groups excluding carboxylic acids is 3. The molecule has 2 saturated heterocycles. The molecule has 0 aromatic carbocycles. The summed E-state index contributed by atoms with van der Waals surface area (Å²) in [6, 6.07) is -0.568. The summed E-state index contributed by atoms with van der Waals surface area (Å²) in [5.41, 5.74) is 0.0387. The van der Waals surface area contributed by atoms with Crippen LogP contribution in [0, 0.1) is 11.8 Å². The molecule has 3 heterocycles. The van der Waals surface area contributed by atoms with Crippen molar-refractivity contribution in [1.82, 2.24) is 15.1 Å². The average molecular weight is 489 g/mol. The summed E-state index contributed by atoms with van der Waals surface area (Å²) in [5.74, 6) is -2.14. The van der Waals surface area contributed by atoms with Gasteiger partial charge in [-0.25, -0.2) is 4.79 Å². The molecule has 11 nitrogen and oxygen atoms in total. The molecule has 32 heavy (non-hydrogen) atoms. The van der Waals surface area contributed by atoms with Crippen molar-refractivity contribution in [3.05, 3.63) is 10.6 Å². The van der Waals surface area contributed by atoms with Gasteiger partial charge in [0.15, 0.2) is 0 Å². The fourth-order valence-corrected chi connectivity index (χ4v) is 5.63. The summed E-state index contributed by atoms with van der Waals surface area (Å²) in [5, 5.41) is 39.5. The van der Waals surface area contributed by atoms with Crippen LogP contribution >= 0.6 is 11.8 Å². The average Bonchev–Trinajstić information content (AvgIpc) is 3.16. The first-order valence-electron chi connectivity index (χ1n) is 9.36. The number of aliphatic hydroxyl groups excluding tert-OH is 1. The normalized spacial score (nSPS) is 28.8. The van der Waals surface area contributed by atoms with E-state index in [2.05, 4.69) is 5.32 Å². The van der Waals surface area contributed by atoms with E-state index < -0.39 is 24.1 Å². The molecule has 14 heteroatoms. The summed E-state index contributed by atoms with van der Waals surface area (Å²) < 4.78 is 0. The molecule has 3 rings (SSSR count). The molecular formula is C18H25N3Na2O8S. The van der Waals surface area contributed by atoms with Gasteiger partial charge in [0, 0.05) is 36.7 Å². The number of rotatable bonds is 5.